The van der Waals surface area contributed by atoms with Crippen molar-refractivity contribution in [2.75, 3.05) is 13.7 Å². The highest BCUT2D eigenvalue weighted by Crippen LogP contribution is 2.24. The van der Waals surface area contributed by atoms with E-state index in [1.165, 1.54) is 7.11 Å². The Labute approximate surface area is 100 Å². The van der Waals surface area contributed by atoms with Gasteiger partial charge in [0, 0.05) is 18.7 Å². The Morgan fingerprint density at radius 1 is 1.47 bits per heavy atom. The van der Waals surface area contributed by atoms with Gasteiger partial charge < -0.3 is 9.64 Å². The maximum absolute atomic E-state index is 12.0. The fourth-order valence-electron chi connectivity index (χ4n) is 2.06. The zero-order valence-electron chi connectivity index (χ0n) is 10.0. The van der Waals surface area contributed by atoms with Crippen molar-refractivity contribution >= 4 is 11.9 Å². The molecule has 0 spiro atoms. The van der Waals surface area contributed by atoms with Gasteiger partial charge in [0.05, 0.1) is 12.7 Å². The van der Waals surface area contributed by atoms with Crippen LogP contribution in [0, 0.1) is 0 Å². The Morgan fingerprint density at radius 3 is 2.88 bits per heavy atom. The molecule has 0 fully saturated rings. The molecule has 1 heterocycles. The summed E-state index contributed by atoms with van der Waals surface area (Å²) in [7, 11) is 1.33. The second-order valence-electron chi connectivity index (χ2n) is 4.09. The van der Waals surface area contributed by atoms with Gasteiger partial charge in [0.25, 0.3) is 5.91 Å². The molecule has 4 nitrogen and oxygen atoms in total. The fraction of sp³-hybridized carbons (Fsp3) is 0.385. The molecule has 1 aromatic carbocycles. The predicted octanol–water partition coefficient (Wildman–Crippen LogP) is 1.84. The van der Waals surface area contributed by atoms with E-state index in [1.54, 1.807) is 17.0 Å². The Balaban J connectivity index is 2.31. The van der Waals surface area contributed by atoms with Gasteiger partial charge in [0.15, 0.2) is 0 Å². The molecule has 0 atom stereocenters. The van der Waals surface area contributed by atoms with E-state index in [0.717, 1.165) is 18.5 Å². The summed E-state index contributed by atoms with van der Waals surface area (Å²) in [6, 6.07) is 5.15. The van der Waals surface area contributed by atoms with E-state index in [-0.39, 0.29) is 5.91 Å². The van der Waals surface area contributed by atoms with E-state index in [2.05, 4.69) is 4.74 Å². The summed E-state index contributed by atoms with van der Waals surface area (Å²) in [5, 5.41) is 0. The number of carbonyl (C=O) groups is 2. The first-order valence-corrected chi connectivity index (χ1v) is 5.68. The number of methoxy groups -OCH3 is 1. The third-order valence-electron chi connectivity index (χ3n) is 2.90. The monoisotopic (exact) mass is 233 g/mol. The number of esters is 1. The minimum Gasteiger partial charge on any atom is -0.465 e. The normalized spacial score (nSPS) is 13.8. The molecule has 4 heteroatoms. The van der Waals surface area contributed by atoms with Crippen LogP contribution < -0.4 is 0 Å². The second kappa shape index (κ2) is 4.57. The Kier molecular flexibility index (Phi) is 3.13. The van der Waals surface area contributed by atoms with Crippen molar-refractivity contribution in [3.05, 3.63) is 34.9 Å². The molecule has 1 amide bonds. The van der Waals surface area contributed by atoms with Crippen LogP contribution in [0.3, 0.4) is 0 Å². The third kappa shape index (κ3) is 2.02. The van der Waals surface area contributed by atoms with Gasteiger partial charge in [-0.05, 0) is 24.1 Å². The van der Waals surface area contributed by atoms with Crippen molar-refractivity contribution in [3.8, 4) is 0 Å². The predicted molar refractivity (Wildman–Crippen MR) is 62.8 cm³/mol. The maximum Gasteiger partial charge on any atom is 0.337 e. The Bertz CT molecular complexity index is 468. The minimum atomic E-state index is -0.408. The van der Waals surface area contributed by atoms with Crippen molar-refractivity contribution in [3.63, 3.8) is 0 Å². The first-order valence-electron chi connectivity index (χ1n) is 5.68. The molecule has 0 N–H and O–H groups in total. The molecule has 0 aromatic heterocycles. The number of hydrogen-bond donors (Lipinski definition) is 0. The number of hydrogen-bond acceptors (Lipinski definition) is 3. The van der Waals surface area contributed by atoms with E-state index in [4.69, 9.17) is 0 Å². The van der Waals surface area contributed by atoms with Crippen LogP contribution in [0.1, 0.15) is 39.6 Å². The highest BCUT2D eigenvalue weighted by Gasteiger charge is 2.27. The summed E-state index contributed by atoms with van der Waals surface area (Å²) in [6.45, 7) is 3.43. The summed E-state index contributed by atoms with van der Waals surface area (Å²) in [5.74, 6) is -0.401. The molecule has 0 unspecified atom stereocenters. The molecular weight excluding hydrogens is 218 g/mol. The topological polar surface area (TPSA) is 46.6 Å². The van der Waals surface area contributed by atoms with E-state index < -0.39 is 5.97 Å². The standard InChI is InChI=1S/C13H15NO3/c1-3-6-14-8-10-5-4-9(13(16)17-2)7-11(10)12(14)15/h4-5,7H,3,6,8H2,1-2H3. The molecule has 0 aliphatic carbocycles. The number of benzene rings is 1. The van der Waals surface area contributed by atoms with Gasteiger partial charge in [-0.15, -0.1) is 0 Å². The summed E-state index contributed by atoms with van der Waals surface area (Å²) in [6.07, 6.45) is 0.934. The highest BCUT2D eigenvalue weighted by atomic mass is 16.5. The average Bonchev–Trinajstić information content (AvgIpc) is 2.66. The van der Waals surface area contributed by atoms with Gasteiger partial charge in [-0.25, -0.2) is 4.79 Å². The van der Waals surface area contributed by atoms with Crippen molar-refractivity contribution < 1.29 is 14.3 Å². The van der Waals surface area contributed by atoms with Crippen LogP contribution in [-0.4, -0.2) is 30.4 Å². The Morgan fingerprint density at radius 2 is 2.24 bits per heavy atom. The largest absolute Gasteiger partial charge is 0.465 e. The first-order chi connectivity index (χ1) is 8.17. The number of fused-ring (bicyclic) bond motifs is 1. The first kappa shape index (κ1) is 11.6. The molecule has 90 valence electrons. The molecule has 0 bridgehead atoms. The molecular formula is C13H15NO3. The number of rotatable bonds is 3. The Hall–Kier alpha value is -1.84. The second-order valence-corrected chi connectivity index (χ2v) is 4.09. The zero-order chi connectivity index (χ0) is 12.4. The highest BCUT2D eigenvalue weighted by molar-refractivity contribution is 6.01. The molecule has 1 aliphatic rings. The van der Waals surface area contributed by atoms with E-state index in [9.17, 15) is 9.59 Å². The van der Waals surface area contributed by atoms with Crippen molar-refractivity contribution in [1.82, 2.24) is 4.90 Å². The lowest BCUT2D eigenvalue weighted by Gasteiger charge is -2.13. The van der Waals surface area contributed by atoms with E-state index in [1.807, 2.05) is 13.0 Å². The molecule has 0 radical (unpaired) electrons. The van der Waals surface area contributed by atoms with Crippen molar-refractivity contribution in [2.45, 2.75) is 19.9 Å². The van der Waals surface area contributed by atoms with Crippen molar-refractivity contribution in [1.29, 1.82) is 0 Å². The fourth-order valence-corrected chi connectivity index (χ4v) is 2.06. The lowest BCUT2D eigenvalue weighted by atomic mass is 10.1. The number of ether oxygens (including phenoxy) is 1. The third-order valence-corrected chi connectivity index (χ3v) is 2.90. The van der Waals surface area contributed by atoms with Crippen molar-refractivity contribution in [2.24, 2.45) is 0 Å². The molecule has 0 saturated carbocycles. The maximum atomic E-state index is 12.0. The van der Waals surface area contributed by atoms with E-state index in [0.29, 0.717) is 17.7 Å². The van der Waals surface area contributed by atoms with Crippen LogP contribution in [0.2, 0.25) is 0 Å². The van der Waals surface area contributed by atoms with Gasteiger partial charge in [-0.2, -0.15) is 0 Å². The van der Waals surface area contributed by atoms with Gasteiger partial charge in [0.1, 0.15) is 0 Å². The van der Waals surface area contributed by atoms with Gasteiger partial charge in [-0.3, -0.25) is 4.79 Å². The molecule has 1 aliphatic heterocycles. The zero-order valence-corrected chi connectivity index (χ0v) is 10.0. The average molecular weight is 233 g/mol. The minimum absolute atomic E-state index is 0.00704. The number of nitrogens with zero attached hydrogens (tertiary/aromatic N) is 1. The van der Waals surface area contributed by atoms with Crippen LogP contribution in [0.4, 0.5) is 0 Å². The lowest BCUT2D eigenvalue weighted by Crippen LogP contribution is -2.24. The van der Waals surface area contributed by atoms with Gasteiger partial charge >= 0.3 is 5.97 Å². The summed E-state index contributed by atoms with van der Waals surface area (Å²) < 4.78 is 4.64. The van der Waals surface area contributed by atoms with Crippen LogP contribution >= 0.6 is 0 Å². The summed E-state index contributed by atoms with van der Waals surface area (Å²) >= 11 is 0. The number of amides is 1. The molecule has 0 saturated heterocycles. The van der Waals surface area contributed by atoms with E-state index >= 15 is 0 Å². The summed E-state index contributed by atoms with van der Waals surface area (Å²) in [4.78, 5) is 25.2. The summed E-state index contributed by atoms with van der Waals surface area (Å²) in [5.41, 5.74) is 2.04. The molecule has 2 rings (SSSR count). The van der Waals surface area contributed by atoms with Gasteiger partial charge in [-0.1, -0.05) is 13.0 Å². The lowest BCUT2D eigenvalue weighted by molar-refractivity contribution is 0.0600. The number of carbonyl (C=O) groups excluding carboxylic acids is 2. The van der Waals surface area contributed by atoms with Crippen LogP contribution in [0.25, 0.3) is 0 Å². The molecule has 1 aromatic rings. The van der Waals surface area contributed by atoms with Crippen LogP contribution in [-0.2, 0) is 11.3 Å². The van der Waals surface area contributed by atoms with Gasteiger partial charge in [0.2, 0.25) is 0 Å². The van der Waals surface area contributed by atoms with Crippen LogP contribution in [0.15, 0.2) is 18.2 Å². The smallest absolute Gasteiger partial charge is 0.337 e. The molecule has 17 heavy (non-hydrogen) atoms. The SMILES string of the molecule is CCCN1Cc2ccc(C(=O)OC)cc2C1=O. The quantitative estimate of drug-likeness (QED) is 0.748. The van der Waals surface area contributed by atoms with Crippen LogP contribution in [0.5, 0.6) is 0 Å².